The minimum atomic E-state index is -3.39. The Hall–Kier alpha value is -2.64. The van der Waals surface area contributed by atoms with Crippen molar-refractivity contribution in [2.45, 2.75) is 25.7 Å². The molecule has 7 heteroatoms. The molecule has 0 unspecified atom stereocenters. The maximum Gasteiger partial charge on any atom is 0.228 e. The second kappa shape index (κ2) is 11.1. The number of sulfonamides is 1. The van der Waals surface area contributed by atoms with Gasteiger partial charge in [0, 0.05) is 24.8 Å². The van der Waals surface area contributed by atoms with Crippen molar-refractivity contribution in [3.05, 3.63) is 72.8 Å². The molecule has 0 bridgehead atoms. The van der Waals surface area contributed by atoms with Crippen LogP contribution in [0.3, 0.4) is 0 Å². The van der Waals surface area contributed by atoms with Crippen LogP contribution in [0.2, 0.25) is 0 Å². The summed E-state index contributed by atoms with van der Waals surface area (Å²) in [5.74, 6) is 0.211. The lowest BCUT2D eigenvalue weighted by Gasteiger charge is -2.31. The van der Waals surface area contributed by atoms with Crippen molar-refractivity contribution in [3.8, 4) is 5.75 Å². The van der Waals surface area contributed by atoms with E-state index in [1.165, 1.54) is 4.31 Å². The Balaban J connectivity index is 1.54. The summed E-state index contributed by atoms with van der Waals surface area (Å²) in [7, 11) is -3.39. The second-order valence-corrected chi connectivity index (χ2v) is 9.81. The topological polar surface area (TPSA) is 75.7 Å². The first kappa shape index (κ1) is 23.0. The number of piperidine rings is 1. The van der Waals surface area contributed by atoms with Crippen LogP contribution in [0.5, 0.6) is 5.75 Å². The van der Waals surface area contributed by atoms with Crippen molar-refractivity contribution in [1.29, 1.82) is 0 Å². The molecule has 1 N–H and O–H groups in total. The van der Waals surface area contributed by atoms with Crippen LogP contribution < -0.4 is 10.1 Å². The van der Waals surface area contributed by atoms with Crippen molar-refractivity contribution in [3.63, 3.8) is 0 Å². The molecule has 2 aromatic rings. The molecule has 31 heavy (non-hydrogen) atoms. The highest BCUT2D eigenvalue weighted by Gasteiger charge is 2.32. The molecule has 2 aromatic carbocycles. The second-order valence-electron chi connectivity index (χ2n) is 7.72. The Morgan fingerprint density at radius 2 is 2.00 bits per heavy atom. The third kappa shape index (κ3) is 6.94. The van der Waals surface area contributed by atoms with Gasteiger partial charge < -0.3 is 10.1 Å². The predicted molar refractivity (Wildman–Crippen MR) is 124 cm³/mol. The van der Waals surface area contributed by atoms with Gasteiger partial charge in [-0.1, -0.05) is 49.1 Å². The Morgan fingerprint density at radius 3 is 2.77 bits per heavy atom. The molecule has 1 heterocycles. The maximum atomic E-state index is 12.8. The van der Waals surface area contributed by atoms with Gasteiger partial charge >= 0.3 is 0 Å². The smallest absolute Gasteiger partial charge is 0.228 e. The molecular formula is C24H30N2O4S. The van der Waals surface area contributed by atoms with Gasteiger partial charge in [-0.15, -0.1) is 0 Å². The number of ether oxygens (including phenoxy) is 1. The van der Waals surface area contributed by atoms with Gasteiger partial charge in [-0.05, 0) is 43.4 Å². The van der Waals surface area contributed by atoms with Crippen molar-refractivity contribution < 1.29 is 17.9 Å². The van der Waals surface area contributed by atoms with E-state index in [0.29, 0.717) is 43.9 Å². The number of carbonyl (C=O) groups excluding carboxylic acids is 1. The van der Waals surface area contributed by atoms with Crippen LogP contribution in [0.15, 0.2) is 67.3 Å². The van der Waals surface area contributed by atoms with Gasteiger partial charge in [-0.2, -0.15) is 0 Å². The summed E-state index contributed by atoms with van der Waals surface area (Å²) in [6, 6.07) is 17.0. The summed E-state index contributed by atoms with van der Waals surface area (Å²) in [6.45, 7) is 4.71. The lowest BCUT2D eigenvalue weighted by atomic mass is 9.98. The molecule has 0 saturated carbocycles. The highest BCUT2D eigenvalue weighted by atomic mass is 32.2. The highest BCUT2D eigenvalue weighted by molar-refractivity contribution is 7.89. The number of carbonyl (C=O) groups is 1. The number of nitrogens with one attached hydrogen (secondary N) is 1. The van der Waals surface area contributed by atoms with Crippen LogP contribution >= 0.6 is 0 Å². The molecular weight excluding hydrogens is 412 g/mol. The van der Waals surface area contributed by atoms with Gasteiger partial charge in [0.1, 0.15) is 12.4 Å². The Labute approximate surface area is 185 Å². The molecule has 1 atom stereocenters. The molecule has 0 spiro atoms. The standard InChI is InChI=1S/C24H30N2O4S/c1-2-16-30-23-14-6-13-22(18-23)25-24(27)21-12-7-15-26(19-21)31(28,29)17-8-11-20-9-4-3-5-10-20/h2-6,9-10,13-14,18,21H,1,7-8,11-12,15-17,19H2,(H,25,27)/t21-/m0/s1. The zero-order valence-corrected chi connectivity index (χ0v) is 18.5. The lowest BCUT2D eigenvalue weighted by molar-refractivity contribution is -0.120. The summed E-state index contributed by atoms with van der Waals surface area (Å²) >= 11 is 0. The van der Waals surface area contributed by atoms with E-state index in [4.69, 9.17) is 4.74 Å². The molecule has 1 aliphatic rings. The summed E-state index contributed by atoms with van der Waals surface area (Å²) in [5, 5.41) is 2.90. The summed E-state index contributed by atoms with van der Waals surface area (Å²) in [4.78, 5) is 12.8. The SMILES string of the molecule is C=CCOc1cccc(NC(=O)[C@H]2CCCN(S(=O)(=O)CCCc3ccccc3)C2)c1. The van der Waals surface area contributed by atoms with Gasteiger partial charge in [-0.3, -0.25) is 4.79 Å². The van der Waals surface area contributed by atoms with Crippen molar-refractivity contribution in [2.24, 2.45) is 5.92 Å². The fraction of sp³-hybridized carbons (Fsp3) is 0.375. The van der Waals surface area contributed by atoms with E-state index < -0.39 is 10.0 Å². The minimum Gasteiger partial charge on any atom is -0.489 e. The summed E-state index contributed by atoms with van der Waals surface area (Å²) in [5.41, 5.74) is 1.77. The number of aryl methyl sites for hydroxylation is 1. The summed E-state index contributed by atoms with van der Waals surface area (Å²) in [6.07, 6.45) is 4.30. The zero-order chi connectivity index (χ0) is 22.1. The van der Waals surface area contributed by atoms with Crippen LogP contribution in [0.4, 0.5) is 5.69 Å². The van der Waals surface area contributed by atoms with Crippen LogP contribution in [0.25, 0.3) is 0 Å². The van der Waals surface area contributed by atoms with E-state index in [2.05, 4.69) is 11.9 Å². The third-order valence-electron chi connectivity index (χ3n) is 5.33. The van der Waals surface area contributed by atoms with Crippen molar-refractivity contribution in [2.75, 3.05) is 30.8 Å². The molecule has 1 aliphatic heterocycles. The normalized spacial score (nSPS) is 17.1. The fourth-order valence-electron chi connectivity index (χ4n) is 3.70. The van der Waals surface area contributed by atoms with Gasteiger partial charge in [0.05, 0.1) is 11.7 Å². The quantitative estimate of drug-likeness (QED) is 0.567. The van der Waals surface area contributed by atoms with E-state index in [-0.39, 0.29) is 24.1 Å². The highest BCUT2D eigenvalue weighted by Crippen LogP contribution is 2.23. The fourth-order valence-corrected chi connectivity index (χ4v) is 5.29. The third-order valence-corrected chi connectivity index (χ3v) is 7.25. The lowest BCUT2D eigenvalue weighted by Crippen LogP contribution is -2.44. The van der Waals surface area contributed by atoms with E-state index in [9.17, 15) is 13.2 Å². The summed E-state index contributed by atoms with van der Waals surface area (Å²) < 4.78 is 32.6. The molecule has 1 saturated heterocycles. The molecule has 0 radical (unpaired) electrons. The number of anilines is 1. The van der Waals surface area contributed by atoms with Gasteiger partial charge in [0.15, 0.2) is 0 Å². The maximum absolute atomic E-state index is 12.8. The van der Waals surface area contributed by atoms with E-state index in [1.807, 2.05) is 36.4 Å². The minimum absolute atomic E-state index is 0.0962. The molecule has 166 valence electrons. The molecule has 0 aliphatic carbocycles. The number of rotatable bonds is 10. The molecule has 6 nitrogen and oxygen atoms in total. The largest absolute Gasteiger partial charge is 0.489 e. The first-order chi connectivity index (χ1) is 15.0. The Bertz CT molecular complexity index is 976. The van der Waals surface area contributed by atoms with Crippen molar-refractivity contribution >= 4 is 21.6 Å². The monoisotopic (exact) mass is 442 g/mol. The number of benzene rings is 2. The van der Waals surface area contributed by atoms with Crippen LogP contribution in [0.1, 0.15) is 24.8 Å². The Kier molecular flexibility index (Phi) is 8.26. The van der Waals surface area contributed by atoms with Gasteiger partial charge in [0.25, 0.3) is 0 Å². The average molecular weight is 443 g/mol. The van der Waals surface area contributed by atoms with E-state index in [0.717, 1.165) is 12.0 Å². The number of nitrogens with zero attached hydrogens (tertiary/aromatic N) is 1. The van der Waals surface area contributed by atoms with Crippen LogP contribution in [-0.2, 0) is 21.2 Å². The van der Waals surface area contributed by atoms with Crippen LogP contribution in [0, 0.1) is 5.92 Å². The van der Waals surface area contributed by atoms with Gasteiger partial charge in [-0.25, -0.2) is 12.7 Å². The number of hydrogen-bond acceptors (Lipinski definition) is 4. The molecule has 1 fully saturated rings. The first-order valence-electron chi connectivity index (χ1n) is 10.6. The van der Waals surface area contributed by atoms with Gasteiger partial charge in [0.2, 0.25) is 15.9 Å². The Morgan fingerprint density at radius 1 is 1.19 bits per heavy atom. The number of hydrogen-bond donors (Lipinski definition) is 1. The average Bonchev–Trinajstić information content (AvgIpc) is 2.78. The predicted octanol–water partition coefficient (Wildman–Crippen LogP) is 3.86. The molecule has 0 aromatic heterocycles. The first-order valence-corrected chi connectivity index (χ1v) is 12.3. The van der Waals surface area contributed by atoms with Crippen molar-refractivity contribution in [1.82, 2.24) is 4.31 Å². The molecule has 1 amide bonds. The zero-order valence-electron chi connectivity index (χ0n) is 17.7. The molecule has 3 rings (SSSR count). The van der Waals surface area contributed by atoms with Crippen LogP contribution in [-0.4, -0.2) is 44.1 Å². The number of amides is 1. The van der Waals surface area contributed by atoms with E-state index in [1.54, 1.807) is 24.3 Å². The van der Waals surface area contributed by atoms with E-state index >= 15 is 0 Å².